The Morgan fingerprint density at radius 2 is 1.86 bits per heavy atom. The van der Waals surface area contributed by atoms with Crippen LogP contribution in [-0.2, 0) is 14.3 Å². The van der Waals surface area contributed by atoms with Gasteiger partial charge in [-0.05, 0) is 31.4 Å². The molecule has 0 saturated heterocycles. The maximum atomic E-state index is 11.7. The highest BCUT2D eigenvalue weighted by Gasteiger charge is 2.16. The maximum Gasteiger partial charge on any atom is 0.331 e. The molecule has 1 aliphatic carbocycles. The molecule has 1 aromatic carbocycles. The molecule has 0 bridgehead atoms. The Morgan fingerprint density at radius 1 is 1.18 bits per heavy atom. The zero-order valence-electron chi connectivity index (χ0n) is 13.0. The first-order chi connectivity index (χ1) is 10.6. The molecule has 1 aliphatic rings. The second kappa shape index (κ2) is 8.37. The molecule has 0 spiro atoms. The van der Waals surface area contributed by atoms with Gasteiger partial charge in [0.1, 0.15) is 0 Å². The lowest BCUT2D eigenvalue weighted by molar-refractivity contribution is -0.144. The Morgan fingerprint density at radius 3 is 2.55 bits per heavy atom. The Labute approximate surface area is 131 Å². The van der Waals surface area contributed by atoms with Crippen LogP contribution >= 0.6 is 0 Å². The van der Waals surface area contributed by atoms with Crippen molar-refractivity contribution in [1.29, 1.82) is 0 Å². The van der Waals surface area contributed by atoms with Crippen molar-refractivity contribution in [1.82, 2.24) is 5.32 Å². The van der Waals surface area contributed by atoms with Crippen molar-refractivity contribution in [2.75, 3.05) is 6.61 Å². The van der Waals surface area contributed by atoms with E-state index in [-0.39, 0.29) is 18.6 Å². The second-order valence-corrected chi connectivity index (χ2v) is 5.75. The van der Waals surface area contributed by atoms with E-state index in [1.165, 1.54) is 18.1 Å². The van der Waals surface area contributed by atoms with Crippen molar-refractivity contribution in [2.24, 2.45) is 0 Å². The van der Waals surface area contributed by atoms with Gasteiger partial charge in [-0.3, -0.25) is 4.79 Å². The van der Waals surface area contributed by atoms with Crippen molar-refractivity contribution < 1.29 is 14.3 Å². The van der Waals surface area contributed by atoms with E-state index in [1.54, 1.807) is 6.08 Å². The highest BCUT2D eigenvalue weighted by atomic mass is 16.5. The fourth-order valence-electron chi connectivity index (χ4n) is 2.54. The lowest BCUT2D eigenvalue weighted by atomic mass is 9.95. The van der Waals surface area contributed by atoms with Gasteiger partial charge in [-0.1, -0.05) is 49.1 Å². The summed E-state index contributed by atoms with van der Waals surface area (Å²) in [5.41, 5.74) is 2.09. The number of hydrogen-bond acceptors (Lipinski definition) is 3. The molecule has 0 aromatic heterocycles. The second-order valence-electron chi connectivity index (χ2n) is 5.75. The van der Waals surface area contributed by atoms with E-state index in [0.29, 0.717) is 0 Å². The predicted octanol–water partition coefficient (Wildman–Crippen LogP) is 3.00. The number of carbonyl (C=O) groups is 2. The quantitative estimate of drug-likeness (QED) is 0.672. The molecule has 0 unspecified atom stereocenters. The van der Waals surface area contributed by atoms with Gasteiger partial charge in [0.25, 0.3) is 5.91 Å². The zero-order valence-corrected chi connectivity index (χ0v) is 13.0. The summed E-state index contributed by atoms with van der Waals surface area (Å²) in [5, 5.41) is 2.91. The van der Waals surface area contributed by atoms with E-state index in [0.717, 1.165) is 31.2 Å². The summed E-state index contributed by atoms with van der Waals surface area (Å²) in [6.45, 7) is 1.79. The van der Waals surface area contributed by atoms with Crippen LogP contribution in [0.1, 0.15) is 43.2 Å². The minimum Gasteiger partial charge on any atom is -0.452 e. The highest BCUT2D eigenvalue weighted by molar-refractivity contribution is 5.89. The SMILES string of the molecule is Cc1ccc(C=CC(=O)OCC(=O)NC2CCCCC2)cc1. The van der Waals surface area contributed by atoms with Gasteiger partial charge in [0.05, 0.1) is 0 Å². The third-order valence-corrected chi connectivity index (χ3v) is 3.81. The number of esters is 1. The van der Waals surface area contributed by atoms with E-state index < -0.39 is 5.97 Å². The standard InChI is InChI=1S/C18H23NO3/c1-14-7-9-15(10-8-14)11-12-18(21)22-13-17(20)19-16-5-3-2-4-6-16/h7-12,16H,2-6,13H2,1H3,(H,19,20). The van der Waals surface area contributed by atoms with Crippen molar-refractivity contribution in [3.63, 3.8) is 0 Å². The van der Waals surface area contributed by atoms with Gasteiger partial charge in [0.2, 0.25) is 0 Å². The summed E-state index contributed by atoms with van der Waals surface area (Å²) in [6.07, 6.45) is 8.62. The molecule has 0 atom stereocenters. The largest absolute Gasteiger partial charge is 0.452 e. The number of rotatable bonds is 5. The van der Waals surface area contributed by atoms with Gasteiger partial charge in [-0.15, -0.1) is 0 Å². The van der Waals surface area contributed by atoms with Crippen LogP contribution in [0, 0.1) is 6.92 Å². The summed E-state index contributed by atoms with van der Waals surface area (Å²) < 4.78 is 4.95. The van der Waals surface area contributed by atoms with E-state index >= 15 is 0 Å². The molecule has 1 amide bonds. The summed E-state index contributed by atoms with van der Waals surface area (Å²) in [6, 6.07) is 8.04. The molecule has 0 radical (unpaired) electrons. The molecule has 4 nitrogen and oxygen atoms in total. The van der Waals surface area contributed by atoms with E-state index in [1.807, 2.05) is 31.2 Å². The highest BCUT2D eigenvalue weighted by Crippen LogP contribution is 2.17. The van der Waals surface area contributed by atoms with Crippen molar-refractivity contribution >= 4 is 18.0 Å². The van der Waals surface area contributed by atoms with Crippen molar-refractivity contribution in [2.45, 2.75) is 45.1 Å². The number of benzene rings is 1. The third kappa shape index (κ3) is 5.72. The van der Waals surface area contributed by atoms with Crippen LogP contribution in [0.15, 0.2) is 30.3 Å². The van der Waals surface area contributed by atoms with Crippen LogP contribution in [-0.4, -0.2) is 24.5 Å². The first-order valence-electron chi connectivity index (χ1n) is 7.84. The number of hydrogen-bond donors (Lipinski definition) is 1. The molecule has 22 heavy (non-hydrogen) atoms. The fourth-order valence-corrected chi connectivity index (χ4v) is 2.54. The van der Waals surface area contributed by atoms with E-state index in [4.69, 9.17) is 4.74 Å². The Hall–Kier alpha value is -2.10. The average molecular weight is 301 g/mol. The van der Waals surface area contributed by atoms with Crippen LogP contribution in [0.2, 0.25) is 0 Å². The topological polar surface area (TPSA) is 55.4 Å². The maximum absolute atomic E-state index is 11.7. The Bertz CT molecular complexity index is 528. The molecule has 1 N–H and O–H groups in total. The number of aryl methyl sites for hydroxylation is 1. The van der Waals surface area contributed by atoms with Crippen LogP contribution in [0.3, 0.4) is 0 Å². The number of amides is 1. The lowest BCUT2D eigenvalue weighted by Crippen LogP contribution is -2.38. The van der Waals surface area contributed by atoms with Crippen LogP contribution in [0.5, 0.6) is 0 Å². The van der Waals surface area contributed by atoms with Crippen LogP contribution < -0.4 is 5.32 Å². The van der Waals surface area contributed by atoms with Crippen LogP contribution in [0.4, 0.5) is 0 Å². The lowest BCUT2D eigenvalue weighted by Gasteiger charge is -2.22. The van der Waals surface area contributed by atoms with E-state index in [2.05, 4.69) is 5.32 Å². The first-order valence-corrected chi connectivity index (χ1v) is 7.84. The molecular formula is C18H23NO3. The minimum absolute atomic E-state index is 0.215. The number of nitrogens with one attached hydrogen (secondary N) is 1. The Kier molecular flexibility index (Phi) is 6.19. The van der Waals surface area contributed by atoms with Gasteiger partial charge in [-0.2, -0.15) is 0 Å². The van der Waals surface area contributed by atoms with Crippen LogP contribution in [0.25, 0.3) is 6.08 Å². The zero-order chi connectivity index (χ0) is 15.8. The molecule has 1 saturated carbocycles. The first kappa shape index (κ1) is 16.3. The van der Waals surface area contributed by atoms with Gasteiger partial charge >= 0.3 is 5.97 Å². The summed E-state index contributed by atoms with van der Waals surface area (Å²) in [5.74, 6) is -0.719. The summed E-state index contributed by atoms with van der Waals surface area (Å²) >= 11 is 0. The molecule has 2 rings (SSSR count). The normalized spacial score (nSPS) is 15.7. The summed E-state index contributed by atoms with van der Waals surface area (Å²) in [7, 11) is 0. The van der Waals surface area contributed by atoms with E-state index in [9.17, 15) is 9.59 Å². The smallest absolute Gasteiger partial charge is 0.331 e. The van der Waals surface area contributed by atoms with Crippen molar-refractivity contribution in [3.8, 4) is 0 Å². The summed E-state index contributed by atoms with van der Waals surface area (Å²) in [4.78, 5) is 23.3. The van der Waals surface area contributed by atoms with Gasteiger partial charge in [0, 0.05) is 12.1 Å². The van der Waals surface area contributed by atoms with Crippen molar-refractivity contribution in [3.05, 3.63) is 41.5 Å². The average Bonchev–Trinajstić information content (AvgIpc) is 2.53. The van der Waals surface area contributed by atoms with Gasteiger partial charge in [-0.25, -0.2) is 4.79 Å². The molecule has 1 aromatic rings. The molecule has 0 heterocycles. The Balaban J connectivity index is 1.70. The molecular weight excluding hydrogens is 278 g/mol. The molecule has 118 valence electrons. The number of carbonyl (C=O) groups excluding carboxylic acids is 2. The predicted molar refractivity (Wildman–Crippen MR) is 86.2 cm³/mol. The third-order valence-electron chi connectivity index (χ3n) is 3.81. The monoisotopic (exact) mass is 301 g/mol. The van der Waals surface area contributed by atoms with Gasteiger partial charge in [0.15, 0.2) is 6.61 Å². The molecule has 0 aliphatic heterocycles. The molecule has 1 fully saturated rings. The number of ether oxygens (including phenoxy) is 1. The minimum atomic E-state index is -0.501. The molecule has 4 heteroatoms. The fraction of sp³-hybridized carbons (Fsp3) is 0.444. The van der Waals surface area contributed by atoms with Gasteiger partial charge < -0.3 is 10.1 Å².